The molecule has 1 fully saturated rings. The molecule has 4 rings (SSSR count). The number of carbonyl (C=O) groups excluding carboxylic acids is 1. The van der Waals surface area contributed by atoms with Crippen molar-refractivity contribution in [2.75, 3.05) is 26.9 Å². The maximum atomic E-state index is 12.3. The van der Waals surface area contributed by atoms with Crippen molar-refractivity contribution in [2.45, 2.75) is 37.8 Å². The first kappa shape index (κ1) is 19.0. The van der Waals surface area contributed by atoms with Crippen molar-refractivity contribution in [3.63, 3.8) is 0 Å². The first-order chi connectivity index (χ1) is 13.8. The fraction of sp³-hybridized carbons (Fsp3) is 0.435. The smallest absolute Gasteiger partial charge is 0.338 e. The van der Waals surface area contributed by atoms with E-state index in [1.165, 1.54) is 12.7 Å². The number of fused-ring (bicyclic) bond motifs is 4. The van der Waals surface area contributed by atoms with Gasteiger partial charge in [0, 0.05) is 6.04 Å². The number of allylic oxidation sites excluding steroid dienone is 1. The molecule has 2 aromatic rings. The molecule has 2 aliphatic rings. The predicted octanol–water partition coefficient (Wildman–Crippen LogP) is 4.16. The van der Waals surface area contributed by atoms with E-state index in [1.807, 2.05) is 24.3 Å². The van der Waals surface area contributed by atoms with E-state index in [0.29, 0.717) is 18.8 Å². The summed E-state index contributed by atoms with van der Waals surface area (Å²) in [4.78, 5) is 12.3. The zero-order chi connectivity index (χ0) is 19.3. The molecule has 0 spiro atoms. The standard InChI is InChI=1S/C23H27NO4/c1-26-23(25)20-9-8-19-21-14-16(6-7-18(20)21)27-12-4-2-3-5-13-28-17-10-11-24-22(19)15-17/h3,5-9,14,17,22,24H,2,4,10-13,15H2,1H3/b5-3+/t17-,22-/m0/s1. The molecule has 5 nitrogen and oxygen atoms in total. The summed E-state index contributed by atoms with van der Waals surface area (Å²) in [6.07, 6.45) is 8.36. The molecule has 1 N–H and O–H groups in total. The number of benzene rings is 2. The minimum Gasteiger partial charge on any atom is -0.494 e. The lowest BCUT2D eigenvalue weighted by Crippen LogP contribution is -2.35. The first-order valence-electron chi connectivity index (χ1n) is 10.0. The van der Waals surface area contributed by atoms with E-state index in [9.17, 15) is 4.79 Å². The Kier molecular flexibility index (Phi) is 5.93. The summed E-state index contributed by atoms with van der Waals surface area (Å²) in [5.41, 5.74) is 1.75. The van der Waals surface area contributed by atoms with E-state index >= 15 is 0 Å². The van der Waals surface area contributed by atoms with Crippen molar-refractivity contribution in [2.24, 2.45) is 0 Å². The monoisotopic (exact) mass is 381 g/mol. The highest BCUT2D eigenvalue weighted by Crippen LogP contribution is 2.34. The zero-order valence-electron chi connectivity index (χ0n) is 16.3. The molecule has 5 heteroatoms. The molecule has 0 aliphatic carbocycles. The molecular weight excluding hydrogens is 354 g/mol. The molecule has 28 heavy (non-hydrogen) atoms. The van der Waals surface area contributed by atoms with Gasteiger partial charge in [-0.2, -0.15) is 0 Å². The maximum Gasteiger partial charge on any atom is 0.338 e. The third-order valence-corrected chi connectivity index (χ3v) is 5.54. The molecule has 2 atom stereocenters. The van der Waals surface area contributed by atoms with Crippen LogP contribution in [0.5, 0.6) is 5.75 Å². The van der Waals surface area contributed by atoms with Crippen LogP contribution in [0.15, 0.2) is 42.5 Å². The summed E-state index contributed by atoms with van der Waals surface area (Å²) in [5.74, 6) is 0.512. The van der Waals surface area contributed by atoms with Crippen molar-refractivity contribution in [1.29, 1.82) is 0 Å². The van der Waals surface area contributed by atoms with Gasteiger partial charge in [0.2, 0.25) is 0 Å². The number of methoxy groups -OCH3 is 1. The number of piperidine rings is 1. The summed E-state index contributed by atoms with van der Waals surface area (Å²) >= 11 is 0. The highest BCUT2D eigenvalue weighted by Gasteiger charge is 2.25. The number of hydrogen-bond donors (Lipinski definition) is 1. The van der Waals surface area contributed by atoms with E-state index in [4.69, 9.17) is 14.2 Å². The van der Waals surface area contributed by atoms with E-state index in [1.54, 1.807) is 0 Å². The van der Waals surface area contributed by atoms with E-state index < -0.39 is 0 Å². The Morgan fingerprint density at radius 2 is 2.11 bits per heavy atom. The number of nitrogens with one attached hydrogen (secondary N) is 1. The molecular formula is C23H27NO4. The summed E-state index contributed by atoms with van der Waals surface area (Å²) in [5, 5.41) is 5.55. The summed E-state index contributed by atoms with van der Waals surface area (Å²) in [6.45, 7) is 2.23. The Morgan fingerprint density at radius 1 is 1.18 bits per heavy atom. The molecule has 2 aliphatic heterocycles. The second-order valence-corrected chi connectivity index (χ2v) is 7.35. The lowest BCUT2D eigenvalue weighted by molar-refractivity contribution is 0.0390. The summed E-state index contributed by atoms with van der Waals surface area (Å²) in [6, 6.07) is 10.0. The molecule has 0 amide bonds. The van der Waals surface area contributed by atoms with Gasteiger partial charge in [-0.25, -0.2) is 4.79 Å². The van der Waals surface area contributed by atoms with Crippen LogP contribution in [-0.2, 0) is 9.47 Å². The van der Waals surface area contributed by atoms with Gasteiger partial charge in [0.15, 0.2) is 0 Å². The van der Waals surface area contributed by atoms with Crippen LogP contribution < -0.4 is 10.1 Å². The number of esters is 1. The van der Waals surface area contributed by atoms with Crippen molar-refractivity contribution in [1.82, 2.24) is 5.32 Å². The average Bonchev–Trinajstić information content (AvgIpc) is 2.74. The second-order valence-electron chi connectivity index (χ2n) is 7.35. The molecule has 0 radical (unpaired) electrons. The molecule has 2 heterocycles. The number of carbonyl (C=O) groups is 1. The summed E-state index contributed by atoms with van der Waals surface area (Å²) in [7, 11) is 1.42. The van der Waals surface area contributed by atoms with Crippen LogP contribution in [0.3, 0.4) is 0 Å². The fourth-order valence-electron chi connectivity index (χ4n) is 4.07. The Hall–Kier alpha value is -2.37. The van der Waals surface area contributed by atoms with Crippen molar-refractivity contribution in [3.8, 4) is 5.75 Å². The Bertz CT molecular complexity index is 876. The van der Waals surface area contributed by atoms with Gasteiger partial charge in [0.1, 0.15) is 5.75 Å². The zero-order valence-corrected chi connectivity index (χ0v) is 16.3. The van der Waals surface area contributed by atoms with E-state index in [-0.39, 0.29) is 18.1 Å². The van der Waals surface area contributed by atoms with E-state index in [0.717, 1.165) is 48.8 Å². The van der Waals surface area contributed by atoms with Crippen LogP contribution in [0.1, 0.15) is 47.6 Å². The fourth-order valence-corrected chi connectivity index (χ4v) is 4.07. The quantitative estimate of drug-likeness (QED) is 0.594. The molecule has 0 aromatic heterocycles. The maximum absolute atomic E-state index is 12.3. The third kappa shape index (κ3) is 4.05. The van der Waals surface area contributed by atoms with Crippen LogP contribution in [0.25, 0.3) is 10.8 Å². The van der Waals surface area contributed by atoms with Gasteiger partial charge in [-0.15, -0.1) is 0 Å². The van der Waals surface area contributed by atoms with Crippen LogP contribution in [-0.4, -0.2) is 38.9 Å². The average molecular weight is 381 g/mol. The van der Waals surface area contributed by atoms with Gasteiger partial charge in [0.05, 0.1) is 32.0 Å². The minimum absolute atomic E-state index is 0.178. The van der Waals surface area contributed by atoms with Crippen molar-refractivity contribution < 1.29 is 19.0 Å². The molecule has 148 valence electrons. The Morgan fingerprint density at radius 3 is 3.00 bits per heavy atom. The second kappa shape index (κ2) is 8.76. The Labute approximate surface area is 165 Å². The highest BCUT2D eigenvalue weighted by atomic mass is 16.5. The minimum atomic E-state index is -0.319. The molecule has 0 unspecified atom stereocenters. The summed E-state index contributed by atoms with van der Waals surface area (Å²) < 4.78 is 17.0. The lowest BCUT2D eigenvalue weighted by Gasteiger charge is -2.31. The number of ether oxygens (including phenoxy) is 3. The normalized spacial score (nSPS) is 24.0. The first-order valence-corrected chi connectivity index (χ1v) is 10.0. The largest absolute Gasteiger partial charge is 0.494 e. The van der Waals surface area contributed by atoms with Gasteiger partial charge >= 0.3 is 5.97 Å². The highest BCUT2D eigenvalue weighted by molar-refractivity contribution is 6.06. The van der Waals surface area contributed by atoms with Crippen LogP contribution in [0.4, 0.5) is 0 Å². The van der Waals surface area contributed by atoms with Gasteiger partial charge in [-0.05, 0) is 72.8 Å². The van der Waals surface area contributed by atoms with Gasteiger partial charge in [-0.1, -0.05) is 18.2 Å². The number of hydrogen-bond acceptors (Lipinski definition) is 5. The molecule has 1 saturated heterocycles. The van der Waals surface area contributed by atoms with Crippen molar-refractivity contribution >= 4 is 16.7 Å². The Balaban J connectivity index is 1.78. The molecule has 0 saturated carbocycles. The van der Waals surface area contributed by atoms with Crippen molar-refractivity contribution in [3.05, 3.63) is 53.6 Å². The third-order valence-electron chi connectivity index (χ3n) is 5.54. The lowest BCUT2D eigenvalue weighted by atomic mass is 9.90. The van der Waals surface area contributed by atoms with Crippen LogP contribution in [0.2, 0.25) is 0 Å². The van der Waals surface area contributed by atoms with Crippen LogP contribution >= 0.6 is 0 Å². The number of rotatable bonds is 1. The SMILES string of the molecule is COC(=O)c1ccc2c3cc(ccc13)OCCC/C=C/CO[C@H]1CCN[C@H]2C1. The van der Waals surface area contributed by atoms with E-state index in [2.05, 4.69) is 23.5 Å². The van der Waals surface area contributed by atoms with Crippen LogP contribution in [0, 0.1) is 0 Å². The van der Waals surface area contributed by atoms with Gasteiger partial charge in [0.25, 0.3) is 0 Å². The molecule has 4 bridgehead atoms. The van der Waals surface area contributed by atoms with Gasteiger partial charge in [-0.3, -0.25) is 0 Å². The topological polar surface area (TPSA) is 56.8 Å². The molecule has 2 aromatic carbocycles. The predicted molar refractivity (Wildman–Crippen MR) is 109 cm³/mol. The van der Waals surface area contributed by atoms with Gasteiger partial charge < -0.3 is 19.5 Å².